The van der Waals surface area contributed by atoms with Crippen LogP contribution in [0.2, 0.25) is 0 Å². The molecule has 1 unspecified atom stereocenters. The lowest BCUT2D eigenvalue weighted by molar-refractivity contribution is 0.0691. The number of primary amides is 1. The standard InChI is InChI=1S/C15H20N4O2/c16-14(20)18-9-4-3-7-13(18)19-10-8-11-5-1-2-6-12(11)17-15(19)21/h1-2,5-6,13H,3-4,7-10H2,(H2,16,20)(H,17,21). The summed E-state index contributed by atoms with van der Waals surface area (Å²) in [5.41, 5.74) is 7.43. The zero-order chi connectivity index (χ0) is 14.8. The van der Waals surface area contributed by atoms with E-state index in [9.17, 15) is 9.59 Å². The third kappa shape index (κ3) is 2.66. The first-order chi connectivity index (χ1) is 10.2. The Morgan fingerprint density at radius 2 is 2.05 bits per heavy atom. The minimum Gasteiger partial charge on any atom is -0.351 e. The van der Waals surface area contributed by atoms with Gasteiger partial charge in [-0.05, 0) is 37.3 Å². The number of likely N-dealkylation sites (tertiary alicyclic amines) is 1. The minimum absolute atomic E-state index is 0.155. The van der Waals surface area contributed by atoms with Gasteiger partial charge >= 0.3 is 12.1 Å². The molecule has 1 aromatic carbocycles. The molecule has 3 N–H and O–H groups in total. The van der Waals surface area contributed by atoms with E-state index in [4.69, 9.17) is 5.73 Å². The summed E-state index contributed by atoms with van der Waals surface area (Å²) >= 11 is 0. The highest BCUT2D eigenvalue weighted by atomic mass is 16.2. The topological polar surface area (TPSA) is 78.7 Å². The molecule has 112 valence electrons. The van der Waals surface area contributed by atoms with Crippen LogP contribution in [0.4, 0.5) is 15.3 Å². The molecule has 21 heavy (non-hydrogen) atoms. The normalized spacial score (nSPS) is 22.3. The molecule has 1 atom stereocenters. The molecule has 0 saturated carbocycles. The molecule has 6 heteroatoms. The zero-order valence-electron chi connectivity index (χ0n) is 11.9. The first kappa shape index (κ1) is 13.7. The molecule has 6 nitrogen and oxygen atoms in total. The highest BCUT2D eigenvalue weighted by Crippen LogP contribution is 2.25. The van der Waals surface area contributed by atoms with Crippen LogP contribution >= 0.6 is 0 Å². The molecule has 3 rings (SSSR count). The van der Waals surface area contributed by atoms with Gasteiger partial charge in [0.2, 0.25) is 0 Å². The summed E-state index contributed by atoms with van der Waals surface area (Å²) < 4.78 is 0. The molecule has 1 saturated heterocycles. The average Bonchev–Trinajstić information content (AvgIpc) is 2.65. The van der Waals surface area contributed by atoms with Gasteiger partial charge in [-0.3, -0.25) is 0 Å². The second-order valence-electron chi connectivity index (χ2n) is 5.54. The molecule has 0 aromatic heterocycles. The van der Waals surface area contributed by atoms with Gasteiger partial charge in [0, 0.05) is 18.8 Å². The van der Waals surface area contributed by atoms with Crippen LogP contribution in [0.25, 0.3) is 0 Å². The molecule has 0 radical (unpaired) electrons. The van der Waals surface area contributed by atoms with Crippen molar-refractivity contribution in [1.29, 1.82) is 0 Å². The molecule has 1 fully saturated rings. The van der Waals surface area contributed by atoms with Gasteiger partial charge in [-0.15, -0.1) is 0 Å². The Morgan fingerprint density at radius 1 is 1.24 bits per heavy atom. The Hall–Kier alpha value is -2.24. The largest absolute Gasteiger partial charge is 0.351 e. The van der Waals surface area contributed by atoms with E-state index in [1.807, 2.05) is 24.3 Å². The number of hydrogen-bond donors (Lipinski definition) is 2. The van der Waals surface area contributed by atoms with Gasteiger partial charge in [0.1, 0.15) is 6.17 Å². The van der Waals surface area contributed by atoms with Crippen LogP contribution in [0.15, 0.2) is 24.3 Å². The second-order valence-corrected chi connectivity index (χ2v) is 5.54. The van der Waals surface area contributed by atoms with Crippen LogP contribution in [0, 0.1) is 0 Å². The lowest BCUT2D eigenvalue weighted by atomic mass is 10.1. The highest BCUT2D eigenvalue weighted by Gasteiger charge is 2.34. The van der Waals surface area contributed by atoms with Crippen molar-refractivity contribution in [2.45, 2.75) is 31.8 Å². The fourth-order valence-electron chi connectivity index (χ4n) is 3.17. The van der Waals surface area contributed by atoms with Crippen molar-refractivity contribution in [2.75, 3.05) is 18.4 Å². The summed E-state index contributed by atoms with van der Waals surface area (Å²) in [5, 5.41) is 2.94. The second kappa shape index (κ2) is 5.63. The van der Waals surface area contributed by atoms with Crippen LogP contribution in [0.5, 0.6) is 0 Å². The average molecular weight is 288 g/mol. The van der Waals surface area contributed by atoms with Crippen molar-refractivity contribution in [1.82, 2.24) is 9.80 Å². The van der Waals surface area contributed by atoms with Crippen LogP contribution in [-0.2, 0) is 6.42 Å². The molecule has 1 aromatic rings. The van der Waals surface area contributed by atoms with E-state index in [-0.39, 0.29) is 12.2 Å². The monoisotopic (exact) mass is 288 g/mol. The predicted octanol–water partition coefficient (Wildman–Crippen LogP) is 1.97. The molecule has 0 spiro atoms. The predicted molar refractivity (Wildman–Crippen MR) is 79.8 cm³/mol. The lowest BCUT2D eigenvalue weighted by Crippen LogP contribution is -2.57. The Bertz CT molecular complexity index is 560. The molecular formula is C15H20N4O2. The van der Waals surface area contributed by atoms with E-state index in [1.54, 1.807) is 9.80 Å². The van der Waals surface area contributed by atoms with Gasteiger partial charge in [0.25, 0.3) is 0 Å². The van der Waals surface area contributed by atoms with Gasteiger partial charge in [-0.2, -0.15) is 0 Å². The number of nitrogens with one attached hydrogen (secondary N) is 1. The van der Waals surface area contributed by atoms with Gasteiger partial charge in [0.15, 0.2) is 0 Å². The summed E-state index contributed by atoms with van der Waals surface area (Å²) in [5.74, 6) is 0. The van der Waals surface area contributed by atoms with Crippen molar-refractivity contribution >= 4 is 17.7 Å². The van der Waals surface area contributed by atoms with E-state index in [0.717, 1.165) is 36.9 Å². The Balaban J connectivity index is 1.83. The summed E-state index contributed by atoms with van der Waals surface area (Å²) in [7, 11) is 0. The van der Waals surface area contributed by atoms with Crippen molar-refractivity contribution in [2.24, 2.45) is 5.73 Å². The Kier molecular flexibility index (Phi) is 3.68. The molecule has 4 amide bonds. The van der Waals surface area contributed by atoms with E-state index in [2.05, 4.69) is 5.32 Å². The first-order valence-electron chi connectivity index (χ1n) is 7.38. The fraction of sp³-hybridized carbons (Fsp3) is 0.467. The van der Waals surface area contributed by atoms with Crippen LogP contribution in [0.1, 0.15) is 24.8 Å². The lowest BCUT2D eigenvalue weighted by Gasteiger charge is -2.41. The maximum absolute atomic E-state index is 12.5. The zero-order valence-corrected chi connectivity index (χ0v) is 11.9. The van der Waals surface area contributed by atoms with E-state index in [1.165, 1.54) is 0 Å². The number of carbonyl (C=O) groups is 2. The molecule has 0 bridgehead atoms. The summed E-state index contributed by atoms with van der Waals surface area (Å²) in [6.07, 6.45) is 3.27. The number of piperidine rings is 1. The van der Waals surface area contributed by atoms with Crippen molar-refractivity contribution in [3.05, 3.63) is 29.8 Å². The van der Waals surface area contributed by atoms with Gasteiger partial charge in [0.05, 0.1) is 0 Å². The molecule has 0 aliphatic carbocycles. The molecule has 2 aliphatic rings. The molecular weight excluding hydrogens is 268 g/mol. The van der Waals surface area contributed by atoms with Crippen molar-refractivity contribution in [3.8, 4) is 0 Å². The van der Waals surface area contributed by atoms with Crippen LogP contribution in [-0.4, -0.2) is 41.1 Å². The number of carbonyl (C=O) groups excluding carboxylic acids is 2. The SMILES string of the molecule is NC(=O)N1CCCCC1N1CCc2ccccc2NC1=O. The highest BCUT2D eigenvalue weighted by molar-refractivity contribution is 5.91. The number of rotatable bonds is 1. The van der Waals surface area contributed by atoms with Crippen molar-refractivity contribution < 1.29 is 9.59 Å². The number of para-hydroxylation sites is 1. The van der Waals surface area contributed by atoms with Crippen molar-refractivity contribution in [3.63, 3.8) is 0 Å². The molecule has 2 heterocycles. The summed E-state index contributed by atoms with van der Waals surface area (Å²) in [4.78, 5) is 27.4. The van der Waals surface area contributed by atoms with E-state index in [0.29, 0.717) is 13.1 Å². The first-order valence-corrected chi connectivity index (χ1v) is 7.38. The number of nitrogens with zero attached hydrogens (tertiary/aromatic N) is 2. The third-order valence-electron chi connectivity index (χ3n) is 4.26. The number of benzene rings is 1. The van der Waals surface area contributed by atoms with Gasteiger partial charge in [-0.25, -0.2) is 9.59 Å². The quantitative estimate of drug-likeness (QED) is 0.828. The number of amides is 4. The summed E-state index contributed by atoms with van der Waals surface area (Å²) in [6, 6.07) is 7.20. The van der Waals surface area contributed by atoms with Crippen LogP contribution < -0.4 is 11.1 Å². The smallest absolute Gasteiger partial charge is 0.323 e. The summed E-state index contributed by atoms with van der Waals surface area (Å²) in [6.45, 7) is 1.22. The molecule has 2 aliphatic heterocycles. The third-order valence-corrected chi connectivity index (χ3v) is 4.26. The fourth-order valence-corrected chi connectivity index (χ4v) is 3.17. The van der Waals surface area contributed by atoms with E-state index >= 15 is 0 Å². The number of fused-ring (bicyclic) bond motifs is 1. The Labute approximate surface area is 123 Å². The van der Waals surface area contributed by atoms with E-state index < -0.39 is 6.03 Å². The minimum atomic E-state index is -0.450. The number of nitrogens with two attached hydrogens (primary N) is 1. The maximum Gasteiger partial charge on any atom is 0.323 e. The Morgan fingerprint density at radius 3 is 2.86 bits per heavy atom. The number of urea groups is 2. The van der Waals surface area contributed by atoms with Crippen LogP contribution in [0.3, 0.4) is 0 Å². The number of hydrogen-bond acceptors (Lipinski definition) is 2. The maximum atomic E-state index is 12.5. The van der Waals surface area contributed by atoms with Gasteiger partial charge in [-0.1, -0.05) is 18.2 Å². The number of anilines is 1. The van der Waals surface area contributed by atoms with Gasteiger partial charge < -0.3 is 20.9 Å².